The van der Waals surface area contributed by atoms with E-state index >= 15 is 0 Å². The van der Waals surface area contributed by atoms with Gasteiger partial charge in [0.05, 0.1) is 0 Å². The number of halogens is 2. The van der Waals surface area contributed by atoms with Gasteiger partial charge in [-0.05, 0) is 24.6 Å². The minimum atomic E-state index is -2.74. The molecule has 5 heteroatoms. The molecule has 0 fully saturated rings. The molecule has 0 amide bonds. The lowest BCUT2D eigenvalue weighted by Gasteiger charge is -2.17. The van der Waals surface area contributed by atoms with Gasteiger partial charge in [0.25, 0.3) is 6.43 Å². The fraction of sp³-hybridized carbons (Fsp3) is 0.455. The summed E-state index contributed by atoms with van der Waals surface area (Å²) < 4.78 is 24.0. The smallest absolute Gasteiger partial charge is 0.265 e. The summed E-state index contributed by atoms with van der Waals surface area (Å²) in [5, 5.41) is 20.8. The lowest BCUT2D eigenvalue weighted by molar-refractivity contribution is -0.00439. The SMILES string of the molecule is CC(NCC(O)C(F)F)c1ccc(O)cc1. The molecule has 0 aliphatic carbocycles. The average molecular weight is 231 g/mol. The van der Waals surface area contributed by atoms with Crippen molar-refractivity contribution < 1.29 is 19.0 Å². The third-order valence-corrected chi connectivity index (χ3v) is 2.32. The van der Waals surface area contributed by atoms with E-state index in [0.717, 1.165) is 5.56 Å². The van der Waals surface area contributed by atoms with Gasteiger partial charge in [-0.3, -0.25) is 0 Å². The van der Waals surface area contributed by atoms with E-state index in [2.05, 4.69) is 5.32 Å². The van der Waals surface area contributed by atoms with Crippen LogP contribution in [0.25, 0.3) is 0 Å². The fourth-order valence-corrected chi connectivity index (χ4v) is 1.27. The second-order valence-corrected chi connectivity index (χ2v) is 3.62. The van der Waals surface area contributed by atoms with Gasteiger partial charge in [0.1, 0.15) is 11.9 Å². The zero-order valence-electron chi connectivity index (χ0n) is 8.90. The highest BCUT2D eigenvalue weighted by Gasteiger charge is 2.17. The summed E-state index contributed by atoms with van der Waals surface area (Å²) in [6.07, 6.45) is -4.39. The van der Waals surface area contributed by atoms with Crippen molar-refractivity contribution in [3.05, 3.63) is 29.8 Å². The molecule has 0 aliphatic heterocycles. The van der Waals surface area contributed by atoms with Crippen LogP contribution in [-0.4, -0.2) is 29.3 Å². The van der Waals surface area contributed by atoms with Gasteiger partial charge in [0.15, 0.2) is 0 Å². The molecule has 1 aromatic carbocycles. The summed E-state index contributed by atoms with van der Waals surface area (Å²) in [5.41, 5.74) is 0.860. The summed E-state index contributed by atoms with van der Waals surface area (Å²) in [4.78, 5) is 0. The minimum Gasteiger partial charge on any atom is -0.508 e. The van der Waals surface area contributed by atoms with Gasteiger partial charge in [0, 0.05) is 12.6 Å². The number of aliphatic hydroxyl groups is 1. The van der Waals surface area contributed by atoms with E-state index in [1.54, 1.807) is 19.1 Å². The Balaban J connectivity index is 2.46. The summed E-state index contributed by atoms with van der Waals surface area (Å²) in [6.45, 7) is 1.63. The molecule has 3 nitrogen and oxygen atoms in total. The molecule has 16 heavy (non-hydrogen) atoms. The molecule has 0 saturated heterocycles. The zero-order chi connectivity index (χ0) is 12.1. The first-order valence-electron chi connectivity index (χ1n) is 4.99. The first-order chi connectivity index (χ1) is 7.50. The topological polar surface area (TPSA) is 52.5 Å². The maximum absolute atomic E-state index is 12.0. The predicted octanol–water partition coefficient (Wildman–Crippen LogP) is 1.67. The van der Waals surface area contributed by atoms with Crippen LogP contribution in [0.3, 0.4) is 0 Å². The third-order valence-electron chi connectivity index (χ3n) is 2.32. The number of aromatic hydroxyl groups is 1. The van der Waals surface area contributed by atoms with Crippen molar-refractivity contribution >= 4 is 0 Å². The van der Waals surface area contributed by atoms with Crippen LogP contribution in [0.4, 0.5) is 8.78 Å². The van der Waals surface area contributed by atoms with Crippen LogP contribution in [0.1, 0.15) is 18.5 Å². The van der Waals surface area contributed by atoms with E-state index in [4.69, 9.17) is 10.2 Å². The van der Waals surface area contributed by atoms with Gasteiger partial charge in [0.2, 0.25) is 0 Å². The Bertz CT molecular complexity index is 316. The number of phenolic OH excluding ortho intramolecular Hbond substituents is 1. The molecule has 0 aliphatic rings. The monoisotopic (exact) mass is 231 g/mol. The van der Waals surface area contributed by atoms with Crippen molar-refractivity contribution in [3.8, 4) is 5.75 Å². The molecule has 0 radical (unpaired) electrons. The Hall–Kier alpha value is -1.20. The molecule has 2 unspecified atom stereocenters. The van der Waals surface area contributed by atoms with Crippen molar-refractivity contribution in [2.45, 2.75) is 25.5 Å². The van der Waals surface area contributed by atoms with Crippen LogP contribution in [0, 0.1) is 0 Å². The van der Waals surface area contributed by atoms with E-state index in [-0.39, 0.29) is 18.3 Å². The summed E-state index contributed by atoms with van der Waals surface area (Å²) >= 11 is 0. The number of hydrogen-bond donors (Lipinski definition) is 3. The Labute approximate surface area is 92.7 Å². The number of nitrogens with one attached hydrogen (secondary N) is 1. The summed E-state index contributed by atoms with van der Waals surface area (Å²) in [5.74, 6) is 0.156. The van der Waals surface area contributed by atoms with Gasteiger partial charge < -0.3 is 15.5 Å². The molecule has 1 aromatic rings. The van der Waals surface area contributed by atoms with Crippen LogP contribution in [0.15, 0.2) is 24.3 Å². The average Bonchev–Trinajstić information content (AvgIpc) is 2.26. The standard InChI is InChI=1S/C11H15F2NO2/c1-7(14-6-10(16)11(12)13)8-2-4-9(15)5-3-8/h2-5,7,10-11,14-16H,6H2,1H3. The van der Waals surface area contributed by atoms with Crippen molar-refractivity contribution in [1.29, 1.82) is 0 Å². The number of aliphatic hydroxyl groups excluding tert-OH is 1. The van der Waals surface area contributed by atoms with Gasteiger partial charge in [-0.2, -0.15) is 0 Å². The van der Waals surface area contributed by atoms with Crippen molar-refractivity contribution in [1.82, 2.24) is 5.32 Å². The summed E-state index contributed by atoms with van der Waals surface area (Å²) in [7, 11) is 0. The molecule has 90 valence electrons. The number of rotatable bonds is 5. The molecule has 0 saturated carbocycles. The highest BCUT2D eigenvalue weighted by Crippen LogP contribution is 2.16. The summed E-state index contributed by atoms with van der Waals surface area (Å²) in [6, 6.07) is 6.28. The second kappa shape index (κ2) is 5.77. The first kappa shape index (κ1) is 12.9. The van der Waals surface area contributed by atoms with E-state index in [0.29, 0.717) is 0 Å². The molecule has 0 bridgehead atoms. The molecule has 2 atom stereocenters. The van der Waals surface area contributed by atoms with Crippen LogP contribution in [-0.2, 0) is 0 Å². The van der Waals surface area contributed by atoms with Crippen LogP contribution in [0.5, 0.6) is 5.75 Å². The molecular weight excluding hydrogens is 216 g/mol. The Morgan fingerprint density at radius 3 is 2.31 bits per heavy atom. The van der Waals surface area contributed by atoms with Gasteiger partial charge in [-0.1, -0.05) is 12.1 Å². The number of alkyl halides is 2. The Morgan fingerprint density at radius 2 is 1.81 bits per heavy atom. The Kier molecular flexibility index (Phi) is 4.64. The number of phenols is 1. The first-order valence-corrected chi connectivity index (χ1v) is 4.99. The Morgan fingerprint density at radius 1 is 1.25 bits per heavy atom. The van der Waals surface area contributed by atoms with Crippen LogP contribution in [0.2, 0.25) is 0 Å². The largest absolute Gasteiger partial charge is 0.508 e. The molecule has 0 heterocycles. The number of benzene rings is 1. The highest BCUT2D eigenvalue weighted by molar-refractivity contribution is 5.27. The van der Waals surface area contributed by atoms with Crippen molar-refractivity contribution in [3.63, 3.8) is 0 Å². The van der Waals surface area contributed by atoms with E-state index in [1.807, 2.05) is 0 Å². The predicted molar refractivity (Wildman–Crippen MR) is 56.5 cm³/mol. The molecule has 0 aromatic heterocycles. The van der Waals surface area contributed by atoms with E-state index in [1.165, 1.54) is 12.1 Å². The third kappa shape index (κ3) is 3.75. The molecule has 3 N–H and O–H groups in total. The lowest BCUT2D eigenvalue weighted by atomic mass is 10.1. The van der Waals surface area contributed by atoms with Crippen molar-refractivity contribution in [2.24, 2.45) is 0 Å². The molecule has 0 spiro atoms. The lowest BCUT2D eigenvalue weighted by Crippen LogP contribution is -2.33. The van der Waals surface area contributed by atoms with Crippen LogP contribution >= 0.6 is 0 Å². The normalized spacial score (nSPS) is 15.1. The van der Waals surface area contributed by atoms with Gasteiger partial charge >= 0.3 is 0 Å². The van der Waals surface area contributed by atoms with Crippen molar-refractivity contribution in [2.75, 3.05) is 6.54 Å². The minimum absolute atomic E-state index is 0.156. The van der Waals surface area contributed by atoms with Crippen LogP contribution < -0.4 is 5.32 Å². The van der Waals surface area contributed by atoms with Gasteiger partial charge in [-0.15, -0.1) is 0 Å². The van der Waals surface area contributed by atoms with Gasteiger partial charge in [-0.25, -0.2) is 8.78 Å². The fourth-order valence-electron chi connectivity index (χ4n) is 1.27. The molecule has 1 rings (SSSR count). The zero-order valence-corrected chi connectivity index (χ0v) is 8.90. The second-order valence-electron chi connectivity index (χ2n) is 3.62. The maximum atomic E-state index is 12.0. The quantitative estimate of drug-likeness (QED) is 0.722. The van der Waals surface area contributed by atoms with E-state index < -0.39 is 12.5 Å². The molecular formula is C11H15F2NO2. The number of hydrogen-bond acceptors (Lipinski definition) is 3. The maximum Gasteiger partial charge on any atom is 0.265 e. The highest BCUT2D eigenvalue weighted by atomic mass is 19.3. The van der Waals surface area contributed by atoms with E-state index in [9.17, 15) is 8.78 Å².